The third-order valence-corrected chi connectivity index (χ3v) is 6.48. The normalized spacial score (nSPS) is 11.3. The fourth-order valence-electron chi connectivity index (χ4n) is 4.30. The van der Waals surface area contributed by atoms with Gasteiger partial charge in [0.1, 0.15) is 0 Å². The van der Waals surface area contributed by atoms with Crippen molar-refractivity contribution in [2.45, 2.75) is 149 Å². The Kier molecular flexibility index (Phi) is 25.8. The summed E-state index contributed by atoms with van der Waals surface area (Å²) < 4.78 is 0. The molecule has 0 rings (SSSR count). The first-order chi connectivity index (χ1) is 14.5. The molecule has 0 saturated carbocycles. The third kappa shape index (κ3) is 17.7. The van der Waals surface area contributed by atoms with Crippen molar-refractivity contribution in [2.24, 2.45) is 5.41 Å². The van der Waals surface area contributed by atoms with Gasteiger partial charge < -0.3 is 11.6 Å². The van der Waals surface area contributed by atoms with E-state index in [4.69, 9.17) is 0 Å². The first kappa shape index (κ1) is 33.7. The van der Waals surface area contributed by atoms with Crippen LogP contribution in [-0.4, -0.2) is 22.2 Å². The van der Waals surface area contributed by atoms with E-state index in [1.54, 1.807) is 0 Å². The molecule has 180 valence electrons. The van der Waals surface area contributed by atoms with Crippen LogP contribution in [0.5, 0.6) is 0 Å². The minimum Gasteiger partial charge on any atom is -1.00 e. The number of hydrogen-bond acceptors (Lipinski definition) is 2. The zero-order chi connectivity index (χ0) is 22.5. The van der Waals surface area contributed by atoms with Crippen LogP contribution >= 0.6 is 0 Å². The van der Waals surface area contributed by atoms with Crippen molar-refractivity contribution in [3.8, 4) is 0 Å². The van der Waals surface area contributed by atoms with E-state index < -0.39 is 17.4 Å². The van der Waals surface area contributed by atoms with E-state index in [0.717, 1.165) is 25.7 Å². The molecule has 2 N–H and O–H groups in total. The van der Waals surface area contributed by atoms with Gasteiger partial charge in [-0.05, 0) is 12.8 Å². The number of carboxylic acid groups (broad SMARTS) is 2. The van der Waals surface area contributed by atoms with Gasteiger partial charge in [0.05, 0.1) is 0 Å². The number of rotatable bonds is 23. The average molecular weight is 467 g/mol. The number of aliphatic carboxylic acids is 2. The molecule has 0 unspecified atom stereocenters. The van der Waals surface area contributed by atoms with Crippen LogP contribution < -0.4 is 51.4 Å². The van der Waals surface area contributed by atoms with Gasteiger partial charge in [-0.2, -0.15) is 0 Å². The van der Waals surface area contributed by atoms with Crippen molar-refractivity contribution in [3.63, 3.8) is 0 Å². The Morgan fingerprint density at radius 1 is 0.516 bits per heavy atom. The number of carboxylic acids is 2. The summed E-state index contributed by atoms with van der Waals surface area (Å²) in [6.45, 7) is 4.44. The Labute approximate surface area is 236 Å². The molecule has 0 bridgehead atoms. The molecule has 0 aromatic carbocycles. The van der Waals surface area contributed by atoms with Crippen LogP contribution in [0.4, 0.5) is 0 Å². The fraction of sp³-hybridized carbons (Fsp3) is 0.923. The van der Waals surface area contributed by atoms with Gasteiger partial charge in [0, 0.05) is 0 Å². The molecule has 0 spiro atoms. The molecule has 5 heteroatoms. The van der Waals surface area contributed by atoms with Crippen molar-refractivity contribution in [1.82, 2.24) is 0 Å². The molecule has 0 aromatic heterocycles. The van der Waals surface area contributed by atoms with Gasteiger partial charge in [0.25, 0.3) is 0 Å². The minimum absolute atomic E-state index is 0. The van der Waals surface area contributed by atoms with Gasteiger partial charge in [0.15, 0.2) is 5.41 Å². The summed E-state index contributed by atoms with van der Waals surface area (Å²) in [6, 6.07) is 0. The topological polar surface area (TPSA) is 74.6 Å². The Balaban J connectivity index is -0.00000420. The second-order valence-electron chi connectivity index (χ2n) is 9.20. The predicted octanol–water partition coefficient (Wildman–Crippen LogP) is 5.49. The van der Waals surface area contributed by atoms with Gasteiger partial charge in [-0.15, -0.1) is 0 Å². The first-order valence-corrected chi connectivity index (χ1v) is 13.0. The van der Waals surface area contributed by atoms with Crippen LogP contribution in [0, 0.1) is 5.41 Å². The molecule has 0 aromatic rings. The smallest absolute Gasteiger partial charge is 1.00 e. The molecular formula is C26H51KO4. The monoisotopic (exact) mass is 466 g/mol. The zero-order valence-electron chi connectivity index (χ0n) is 22.1. The maximum atomic E-state index is 11.8. The van der Waals surface area contributed by atoms with Crippen molar-refractivity contribution in [3.05, 3.63) is 0 Å². The van der Waals surface area contributed by atoms with Gasteiger partial charge in [-0.3, -0.25) is 9.59 Å². The quantitative estimate of drug-likeness (QED) is 0.119. The molecular weight excluding hydrogens is 415 g/mol. The molecule has 31 heavy (non-hydrogen) atoms. The van der Waals surface area contributed by atoms with E-state index in [2.05, 4.69) is 13.8 Å². The molecule has 4 nitrogen and oxygen atoms in total. The Morgan fingerprint density at radius 2 is 0.742 bits per heavy atom. The second kappa shape index (κ2) is 23.7. The van der Waals surface area contributed by atoms with Crippen molar-refractivity contribution >= 4 is 11.9 Å². The summed E-state index contributed by atoms with van der Waals surface area (Å²) in [4.78, 5) is 23.7. The van der Waals surface area contributed by atoms with E-state index in [9.17, 15) is 19.8 Å². The fourth-order valence-corrected chi connectivity index (χ4v) is 4.30. The van der Waals surface area contributed by atoms with Crippen LogP contribution in [0.25, 0.3) is 0 Å². The molecule has 0 aliphatic rings. The average Bonchev–Trinajstić information content (AvgIpc) is 2.71. The third-order valence-electron chi connectivity index (χ3n) is 6.48. The molecule has 0 amide bonds. The summed E-state index contributed by atoms with van der Waals surface area (Å²) in [7, 11) is 0. The number of carbonyl (C=O) groups is 2. The van der Waals surface area contributed by atoms with Crippen LogP contribution in [0.3, 0.4) is 0 Å². The summed E-state index contributed by atoms with van der Waals surface area (Å²) >= 11 is 0. The van der Waals surface area contributed by atoms with E-state index in [0.29, 0.717) is 12.8 Å². The van der Waals surface area contributed by atoms with Crippen LogP contribution in [0.2, 0.25) is 0 Å². The summed E-state index contributed by atoms with van der Waals surface area (Å²) in [6.07, 6.45) is 22.5. The zero-order valence-corrected chi connectivity index (χ0v) is 24.2. The van der Waals surface area contributed by atoms with Crippen LogP contribution in [-0.2, 0) is 9.59 Å². The van der Waals surface area contributed by atoms with Crippen molar-refractivity contribution in [2.75, 3.05) is 0 Å². The summed E-state index contributed by atoms with van der Waals surface area (Å²) in [5.74, 6) is -2.30. The van der Waals surface area contributed by atoms with Gasteiger partial charge in [-0.25, -0.2) is 0 Å². The van der Waals surface area contributed by atoms with Crippen LogP contribution in [0.15, 0.2) is 0 Å². The Bertz CT molecular complexity index is 418. The Hall–Kier alpha value is 0.576. The molecule has 0 saturated heterocycles. The maximum Gasteiger partial charge on any atom is 1.00 e. The molecule has 0 atom stereocenters. The van der Waals surface area contributed by atoms with E-state index in [-0.39, 0.29) is 65.7 Å². The minimum atomic E-state index is -1.58. The SMILES string of the molecule is CCCCCCCCCCCCC(CCCCCCCCCCC)(C(=O)O)C(=O)O.[H-].[K+]. The van der Waals surface area contributed by atoms with Gasteiger partial charge >= 0.3 is 63.3 Å². The molecule has 0 aliphatic heterocycles. The van der Waals surface area contributed by atoms with E-state index in [1.807, 2.05) is 0 Å². The van der Waals surface area contributed by atoms with Crippen LogP contribution in [0.1, 0.15) is 150 Å². The second-order valence-corrected chi connectivity index (χ2v) is 9.20. The molecule has 0 heterocycles. The molecule has 0 fully saturated rings. The number of unbranched alkanes of at least 4 members (excludes halogenated alkanes) is 17. The molecule has 0 aliphatic carbocycles. The first-order valence-electron chi connectivity index (χ1n) is 13.0. The van der Waals surface area contributed by atoms with Crippen molar-refractivity contribution < 1.29 is 72.6 Å². The van der Waals surface area contributed by atoms with Gasteiger partial charge in [0.2, 0.25) is 0 Å². The number of hydrogen-bond donors (Lipinski definition) is 2. The van der Waals surface area contributed by atoms with E-state index in [1.165, 1.54) is 83.5 Å². The predicted molar refractivity (Wildman–Crippen MR) is 127 cm³/mol. The largest absolute Gasteiger partial charge is 1.00 e. The summed E-state index contributed by atoms with van der Waals surface area (Å²) in [5, 5.41) is 19.4. The maximum absolute atomic E-state index is 11.8. The van der Waals surface area contributed by atoms with Crippen molar-refractivity contribution in [1.29, 1.82) is 0 Å². The molecule has 0 radical (unpaired) electrons. The Morgan fingerprint density at radius 3 is 0.968 bits per heavy atom. The van der Waals surface area contributed by atoms with Gasteiger partial charge in [-0.1, -0.05) is 136 Å². The van der Waals surface area contributed by atoms with E-state index >= 15 is 0 Å². The standard InChI is InChI=1S/C26H50O4.K.H/c1-3-5-7-9-11-13-15-17-19-21-23-26(24(27)28,25(29)30)22-20-18-16-14-12-10-8-6-4-2;;/h3-23H2,1-2H3,(H,27,28)(H,29,30);;/q;+1;-1. The summed E-state index contributed by atoms with van der Waals surface area (Å²) in [5.41, 5.74) is -1.58.